The molecule has 0 aliphatic carbocycles. The Bertz CT molecular complexity index is 1070. The van der Waals surface area contributed by atoms with Crippen molar-refractivity contribution in [3.05, 3.63) is 76.9 Å². The van der Waals surface area contributed by atoms with Gasteiger partial charge in [0.2, 0.25) is 0 Å². The number of hydrogen-bond acceptors (Lipinski definition) is 5. The van der Waals surface area contributed by atoms with Gasteiger partial charge in [-0.05, 0) is 54.8 Å². The third-order valence-corrected chi connectivity index (χ3v) is 4.50. The maximum Gasteiger partial charge on any atom is 0.437 e. The second-order valence-electron chi connectivity index (χ2n) is 6.52. The van der Waals surface area contributed by atoms with Gasteiger partial charge in [0.05, 0.1) is 0 Å². The van der Waals surface area contributed by atoms with Gasteiger partial charge in [0.1, 0.15) is 17.1 Å². The SMILES string of the molecule is Cc1cc(C)c(C(=NO)C(F)(F)F)c(C)c1.O=S([O-])Oc1ccc2ccccc2c1. The molecular weight excluding hydrogens is 419 g/mol. The van der Waals surface area contributed by atoms with E-state index >= 15 is 0 Å². The van der Waals surface area contributed by atoms with Crippen LogP contribution in [0.5, 0.6) is 5.75 Å². The number of hydrogen-bond donors (Lipinski definition) is 1. The molecule has 3 rings (SSSR count). The summed E-state index contributed by atoms with van der Waals surface area (Å²) in [5, 5.41) is 12.9. The zero-order valence-electron chi connectivity index (χ0n) is 16.4. The molecule has 0 bridgehead atoms. The normalized spacial score (nSPS) is 12.8. The lowest BCUT2D eigenvalue weighted by Gasteiger charge is -2.14. The molecular formula is C21H19F3NO4S-. The molecule has 0 aliphatic heterocycles. The van der Waals surface area contributed by atoms with Crippen molar-refractivity contribution in [2.45, 2.75) is 26.9 Å². The largest absolute Gasteiger partial charge is 0.740 e. The Morgan fingerprint density at radius 2 is 1.57 bits per heavy atom. The van der Waals surface area contributed by atoms with Crippen LogP contribution >= 0.6 is 0 Å². The molecule has 9 heteroatoms. The Morgan fingerprint density at radius 1 is 1.00 bits per heavy atom. The van der Waals surface area contributed by atoms with Gasteiger partial charge >= 0.3 is 6.18 Å². The molecule has 0 aromatic heterocycles. The maximum atomic E-state index is 12.6. The van der Waals surface area contributed by atoms with E-state index < -0.39 is 23.2 Å². The first-order valence-electron chi connectivity index (χ1n) is 8.66. The van der Waals surface area contributed by atoms with Crippen molar-refractivity contribution in [3.8, 4) is 5.75 Å². The van der Waals surface area contributed by atoms with Crippen LogP contribution in [0.15, 0.2) is 59.8 Å². The molecule has 0 amide bonds. The van der Waals surface area contributed by atoms with Crippen molar-refractivity contribution in [3.63, 3.8) is 0 Å². The third-order valence-electron chi connectivity index (χ3n) is 4.17. The highest BCUT2D eigenvalue weighted by molar-refractivity contribution is 7.74. The van der Waals surface area contributed by atoms with Gasteiger partial charge in [-0.3, -0.25) is 0 Å². The van der Waals surface area contributed by atoms with E-state index in [0.717, 1.165) is 16.3 Å². The lowest BCUT2D eigenvalue weighted by atomic mass is 9.96. The van der Waals surface area contributed by atoms with Crippen molar-refractivity contribution < 1.29 is 31.3 Å². The lowest BCUT2D eigenvalue weighted by molar-refractivity contribution is -0.0601. The molecule has 0 fully saturated rings. The molecule has 3 aromatic carbocycles. The molecule has 0 heterocycles. The molecule has 1 unspecified atom stereocenters. The number of halogens is 3. The number of nitrogens with zero attached hydrogens (tertiary/aromatic N) is 1. The number of oxime groups is 1. The average molecular weight is 438 g/mol. The smallest absolute Gasteiger partial charge is 0.437 e. The van der Waals surface area contributed by atoms with Crippen LogP contribution in [0.2, 0.25) is 0 Å². The van der Waals surface area contributed by atoms with E-state index in [4.69, 9.17) is 5.21 Å². The van der Waals surface area contributed by atoms with E-state index in [1.54, 1.807) is 45.0 Å². The minimum Gasteiger partial charge on any atom is -0.740 e. The first kappa shape index (κ1) is 23.4. The summed E-state index contributed by atoms with van der Waals surface area (Å²) in [6.07, 6.45) is -4.65. The van der Waals surface area contributed by atoms with Gasteiger partial charge in [0.25, 0.3) is 0 Å². The number of benzene rings is 3. The van der Waals surface area contributed by atoms with Crippen molar-refractivity contribution in [2.75, 3.05) is 0 Å². The van der Waals surface area contributed by atoms with Crippen LogP contribution in [-0.4, -0.2) is 25.9 Å². The Labute approximate surface area is 174 Å². The van der Waals surface area contributed by atoms with Crippen LogP contribution in [0, 0.1) is 20.8 Å². The molecule has 5 nitrogen and oxygen atoms in total. The van der Waals surface area contributed by atoms with Gasteiger partial charge in [-0.1, -0.05) is 53.2 Å². The zero-order chi connectivity index (χ0) is 22.5. The van der Waals surface area contributed by atoms with Crippen LogP contribution in [0.1, 0.15) is 22.3 Å². The third kappa shape index (κ3) is 6.04. The molecule has 30 heavy (non-hydrogen) atoms. The van der Waals surface area contributed by atoms with E-state index in [9.17, 15) is 21.9 Å². The van der Waals surface area contributed by atoms with Gasteiger partial charge in [-0.25, -0.2) is 4.21 Å². The van der Waals surface area contributed by atoms with Gasteiger partial charge in [-0.2, -0.15) is 13.2 Å². The van der Waals surface area contributed by atoms with Crippen LogP contribution in [0.3, 0.4) is 0 Å². The number of rotatable bonds is 3. The van der Waals surface area contributed by atoms with Crippen LogP contribution < -0.4 is 4.18 Å². The Balaban J connectivity index is 0.000000215. The van der Waals surface area contributed by atoms with Crippen molar-refractivity contribution in [2.24, 2.45) is 5.16 Å². The predicted octanol–water partition coefficient (Wildman–Crippen LogP) is 5.37. The quantitative estimate of drug-likeness (QED) is 0.258. The molecule has 0 radical (unpaired) electrons. The minimum atomic E-state index is -4.65. The summed E-state index contributed by atoms with van der Waals surface area (Å²) in [5.41, 5.74) is 0.464. The monoisotopic (exact) mass is 438 g/mol. The lowest BCUT2D eigenvalue weighted by Crippen LogP contribution is -2.26. The summed E-state index contributed by atoms with van der Waals surface area (Å²) >= 11 is -2.51. The Hall–Kier alpha value is -2.91. The van der Waals surface area contributed by atoms with E-state index in [1.165, 1.54) is 0 Å². The average Bonchev–Trinajstić information content (AvgIpc) is 2.63. The zero-order valence-corrected chi connectivity index (χ0v) is 17.2. The van der Waals surface area contributed by atoms with Crippen LogP contribution in [0.25, 0.3) is 10.8 Å². The fourth-order valence-corrected chi connectivity index (χ4v) is 3.36. The highest BCUT2D eigenvalue weighted by atomic mass is 32.2. The van der Waals surface area contributed by atoms with E-state index in [0.29, 0.717) is 16.9 Å². The molecule has 0 saturated carbocycles. The summed E-state index contributed by atoms with van der Waals surface area (Å²) in [4.78, 5) is 0. The molecule has 160 valence electrons. The maximum absolute atomic E-state index is 12.6. The Kier molecular flexibility index (Phi) is 7.58. The van der Waals surface area contributed by atoms with Gasteiger partial charge < -0.3 is 13.9 Å². The summed E-state index contributed by atoms with van der Waals surface area (Å²) in [7, 11) is 0. The minimum absolute atomic E-state index is 0.0550. The number of fused-ring (bicyclic) bond motifs is 1. The highest BCUT2D eigenvalue weighted by Gasteiger charge is 2.39. The number of aryl methyl sites for hydroxylation is 3. The van der Waals surface area contributed by atoms with Crippen molar-refractivity contribution in [1.29, 1.82) is 0 Å². The molecule has 0 saturated heterocycles. The standard InChI is InChI=1S/C11H12F3NO.C10H8O3S/c1-6-4-7(2)9(8(3)5-6)10(15-16)11(12,13)14;11-14(12)13-10-6-5-8-3-1-2-4-9(8)7-10/h4-5,16H,1-3H3;1-7H,(H,11,12)/p-1. The predicted molar refractivity (Wildman–Crippen MR) is 109 cm³/mol. The van der Waals surface area contributed by atoms with Gasteiger partial charge in [0.15, 0.2) is 5.71 Å². The fraction of sp³-hybridized carbons (Fsp3) is 0.190. The fourth-order valence-electron chi connectivity index (χ4n) is 3.10. The summed E-state index contributed by atoms with van der Waals surface area (Å²) < 4.78 is 62.8. The van der Waals surface area contributed by atoms with E-state index in [-0.39, 0.29) is 5.56 Å². The first-order valence-corrected chi connectivity index (χ1v) is 9.66. The highest BCUT2D eigenvalue weighted by Crippen LogP contribution is 2.27. The molecule has 3 aromatic rings. The number of alkyl halides is 3. The summed E-state index contributed by atoms with van der Waals surface area (Å²) in [6.45, 7) is 4.92. The van der Waals surface area contributed by atoms with Crippen LogP contribution in [0.4, 0.5) is 13.2 Å². The molecule has 1 N–H and O–H groups in total. The van der Waals surface area contributed by atoms with Crippen molar-refractivity contribution >= 4 is 27.8 Å². The molecule has 1 atom stereocenters. The topological polar surface area (TPSA) is 82.0 Å². The summed E-state index contributed by atoms with van der Waals surface area (Å²) in [6, 6.07) is 16.0. The van der Waals surface area contributed by atoms with Gasteiger partial charge in [0, 0.05) is 5.56 Å². The molecule has 0 aliphatic rings. The van der Waals surface area contributed by atoms with Gasteiger partial charge in [-0.15, -0.1) is 0 Å². The second kappa shape index (κ2) is 9.73. The first-order chi connectivity index (χ1) is 14.0. The van der Waals surface area contributed by atoms with E-state index in [1.807, 2.05) is 30.3 Å². The van der Waals surface area contributed by atoms with E-state index in [2.05, 4.69) is 9.34 Å². The van der Waals surface area contributed by atoms with Crippen LogP contribution in [-0.2, 0) is 11.4 Å². The molecule has 0 spiro atoms. The Morgan fingerprint density at radius 3 is 2.07 bits per heavy atom. The summed E-state index contributed by atoms with van der Waals surface area (Å²) in [5.74, 6) is 0.331. The second-order valence-corrected chi connectivity index (χ2v) is 7.09. The van der Waals surface area contributed by atoms with Crippen molar-refractivity contribution in [1.82, 2.24) is 0 Å².